The average molecular weight is 2000 g/mol. The second-order valence-corrected chi connectivity index (χ2v) is 32.8. The first-order valence-electron chi connectivity index (χ1n) is 42.4. The van der Waals surface area contributed by atoms with E-state index in [-0.39, 0.29) is 110 Å². The van der Waals surface area contributed by atoms with Crippen molar-refractivity contribution in [3.63, 3.8) is 0 Å². The molecule has 10 N–H and O–H groups in total. The van der Waals surface area contributed by atoms with Gasteiger partial charge in [-0.15, -0.1) is 0 Å². The second kappa shape index (κ2) is 43.1. The van der Waals surface area contributed by atoms with Gasteiger partial charge < -0.3 is 66.6 Å². The Kier molecular flexibility index (Phi) is 33.5. The molecule has 8 aromatic carbocycles. The summed E-state index contributed by atoms with van der Waals surface area (Å²) in [7, 11) is 1.50. The van der Waals surface area contributed by atoms with Crippen LogP contribution in [-0.4, -0.2) is 129 Å². The Hall–Kier alpha value is -12.8. The van der Waals surface area contributed by atoms with Gasteiger partial charge in [-0.3, -0.25) is 40.5 Å². The highest BCUT2D eigenvalue weighted by molar-refractivity contribution is 5.78. The largest absolute Gasteiger partial charge is 0.493 e. The number of nitrogen functional groups attached to an aromatic ring is 4. The number of nitrogens with zero attached hydrogens (tertiary/aromatic N) is 4. The SMILES string of the molecule is CN.Nc1cc2c(OCCCC(F)(F)F)c(c1)Cc1cc(N)cc(c1OCCCC(F)(F)F)C1(Cc3cc(N)cc1c3OCCCC(F)(F)F)c1cc(N)cc(c1OCCCC(F)(F)F)C2.O=[N+]([O-])c1cc2c(OCCCC(F)(F)F)c(c1)Cc1cc([N+](=O)[O-])cc(c1OCCCC(F)(F)F)C1(Cc3cc([N+](=O)[O-])cc1c3OCCCC(F)(F)F)c1cc([N+](=O)[O-])cc(c1OCCCC(F)(F)F)C2. The number of benzene rings is 8. The predicted molar refractivity (Wildman–Crippen MR) is 451 cm³/mol. The van der Waals surface area contributed by atoms with E-state index in [2.05, 4.69) is 5.73 Å². The minimum atomic E-state index is -4.79. The van der Waals surface area contributed by atoms with Crippen molar-refractivity contribution in [3.05, 3.63) is 227 Å². The molecule has 0 heterocycles. The molecule has 0 saturated heterocycles. The number of fused-ring (bicyclic) bond motifs is 22. The third-order valence-electron chi connectivity index (χ3n) is 22.4. The fraction of sp³-hybridized carbons (Fsp3) is 0.461. The van der Waals surface area contributed by atoms with E-state index in [9.17, 15) is 146 Å². The van der Waals surface area contributed by atoms with Gasteiger partial charge in [-0.1, -0.05) is 0 Å². The number of nitro groups is 4. The fourth-order valence-electron chi connectivity index (χ4n) is 17.1. The number of rotatable bonds is 36. The number of hydrogen-bond donors (Lipinski definition) is 5. The van der Waals surface area contributed by atoms with E-state index in [0.717, 1.165) is 48.5 Å². The molecule has 138 heavy (non-hydrogen) atoms. The molecule has 2 spiro atoms. The Bertz CT molecular complexity index is 5530. The summed E-state index contributed by atoms with van der Waals surface area (Å²) in [6, 6.07) is 18.7. The predicted octanol–water partition coefficient (Wildman–Crippen LogP) is 23.5. The van der Waals surface area contributed by atoms with Crippen LogP contribution >= 0.6 is 0 Å². The van der Waals surface area contributed by atoms with E-state index in [4.69, 9.17) is 60.8 Å². The van der Waals surface area contributed by atoms with Crippen molar-refractivity contribution in [2.75, 3.05) is 82.8 Å². The van der Waals surface area contributed by atoms with Gasteiger partial charge in [0.2, 0.25) is 0 Å². The van der Waals surface area contributed by atoms with Crippen LogP contribution < -0.4 is 66.6 Å². The monoisotopic (exact) mass is 2000 g/mol. The quantitative estimate of drug-likeness (QED) is 0.00800. The zero-order valence-electron chi connectivity index (χ0n) is 72.7. The maximum absolute atomic E-state index is 13.6. The van der Waals surface area contributed by atoms with Crippen LogP contribution in [-0.2, 0) is 49.4 Å². The molecule has 4 aliphatic rings. The number of hydrogen-bond acceptors (Lipinski definition) is 21. The van der Waals surface area contributed by atoms with Crippen molar-refractivity contribution in [1.82, 2.24) is 0 Å². The number of alkyl halides is 24. The zero-order chi connectivity index (χ0) is 102. The molecule has 0 saturated carbocycles. The van der Waals surface area contributed by atoms with Gasteiger partial charge in [0.15, 0.2) is 0 Å². The van der Waals surface area contributed by atoms with Crippen molar-refractivity contribution < 1.29 is 163 Å². The Morgan fingerprint density at radius 3 is 0.594 bits per heavy atom. The molecule has 12 rings (SSSR count). The highest BCUT2D eigenvalue weighted by Gasteiger charge is 2.54. The molecule has 0 fully saturated rings. The Morgan fingerprint density at radius 1 is 0.239 bits per heavy atom. The molecule has 25 nitrogen and oxygen atoms in total. The molecular weight excluding hydrogens is 1910 g/mol. The molecule has 0 unspecified atom stereocenters. The molecule has 0 atom stereocenters. The van der Waals surface area contributed by atoms with E-state index < -0.39 is 328 Å². The highest BCUT2D eigenvalue weighted by atomic mass is 19.4. The first-order chi connectivity index (χ1) is 64.3. The van der Waals surface area contributed by atoms with Crippen molar-refractivity contribution >= 4 is 45.5 Å². The minimum absolute atomic E-state index is 0.0139. The lowest BCUT2D eigenvalue weighted by Gasteiger charge is -2.37. The van der Waals surface area contributed by atoms with Crippen LogP contribution in [0.4, 0.5) is 151 Å². The van der Waals surface area contributed by atoms with Gasteiger partial charge >= 0.3 is 49.4 Å². The van der Waals surface area contributed by atoms with Gasteiger partial charge in [0.05, 0.1) is 83.4 Å². The lowest BCUT2D eigenvalue weighted by atomic mass is 9.68. The van der Waals surface area contributed by atoms with Gasteiger partial charge in [0, 0.05) is 232 Å². The van der Waals surface area contributed by atoms with Gasteiger partial charge in [0.1, 0.15) is 46.0 Å². The van der Waals surface area contributed by atoms with Crippen LogP contribution in [0.5, 0.6) is 46.0 Å². The van der Waals surface area contributed by atoms with Gasteiger partial charge in [-0.2, -0.15) is 105 Å². The van der Waals surface area contributed by atoms with Crippen molar-refractivity contribution in [2.24, 2.45) is 5.73 Å². The van der Waals surface area contributed by atoms with Crippen molar-refractivity contribution in [1.29, 1.82) is 0 Å². The number of halogens is 24. The van der Waals surface area contributed by atoms with Crippen LogP contribution in [0.2, 0.25) is 0 Å². The summed E-state index contributed by atoms with van der Waals surface area (Å²) in [6.07, 6.45) is -55.4. The van der Waals surface area contributed by atoms with Gasteiger partial charge in [-0.25, -0.2) is 0 Å². The third kappa shape index (κ3) is 27.8. The van der Waals surface area contributed by atoms with E-state index in [1.54, 1.807) is 0 Å². The number of non-ortho nitro benzene ring substituents is 4. The molecule has 49 heteroatoms. The summed E-state index contributed by atoms with van der Waals surface area (Å²) >= 11 is 0. The number of nitro benzene ring substituents is 4. The molecule has 0 aromatic heterocycles. The van der Waals surface area contributed by atoms with E-state index >= 15 is 0 Å². The first kappa shape index (κ1) is 107. The summed E-state index contributed by atoms with van der Waals surface area (Å²) in [5.74, 6) is -1.86. The molecule has 0 aliphatic heterocycles. The Morgan fingerprint density at radius 2 is 0.384 bits per heavy atom. The first-order valence-corrected chi connectivity index (χ1v) is 42.4. The summed E-state index contributed by atoms with van der Waals surface area (Å²) in [4.78, 5) is 47.1. The van der Waals surface area contributed by atoms with Crippen LogP contribution in [0.3, 0.4) is 0 Å². The Balaban J connectivity index is 0.000000281. The maximum atomic E-state index is 13.6. The molecule has 4 aliphatic carbocycles. The lowest BCUT2D eigenvalue weighted by molar-refractivity contribution is -0.385. The lowest BCUT2D eigenvalue weighted by Crippen LogP contribution is -2.31. The van der Waals surface area contributed by atoms with E-state index in [1.165, 1.54) is 55.6 Å². The minimum Gasteiger partial charge on any atom is -0.493 e. The normalized spacial score (nSPS) is 14.1. The van der Waals surface area contributed by atoms with Crippen molar-refractivity contribution in [3.8, 4) is 46.0 Å². The number of nitrogens with two attached hydrogens (primary N) is 5. The summed E-state index contributed by atoms with van der Waals surface area (Å²) in [6.45, 7) is -5.15. The maximum Gasteiger partial charge on any atom is 0.389 e. The number of ether oxygens (including phenoxy) is 8. The molecular formula is C89H89F24N9O16. The zero-order valence-corrected chi connectivity index (χ0v) is 72.7. The highest BCUT2D eigenvalue weighted by Crippen LogP contribution is 2.63. The topological polar surface area (TPSA) is 376 Å². The van der Waals surface area contributed by atoms with Crippen molar-refractivity contribution in [2.45, 2.75) is 201 Å². The molecule has 0 amide bonds. The molecule has 754 valence electrons. The number of anilines is 4. The fourth-order valence-corrected chi connectivity index (χ4v) is 17.1. The summed E-state index contributed by atoms with van der Waals surface area (Å²) < 4.78 is 370. The molecule has 16 bridgehead atoms. The molecule has 0 radical (unpaired) electrons. The van der Waals surface area contributed by atoms with Crippen LogP contribution in [0.25, 0.3) is 0 Å². The van der Waals surface area contributed by atoms with Gasteiger partial charge in [-0.05, 0) is 125 Å². The summed E-state index contributed by atoms with van der Waals surface area (Å²) in [5, 5.41) is 51.0. The summed E-state index contributed by atoms with van der Waals surface area (Å²) in [5.41, 5.74) is 22.7. The smallest absolute Gasteiger partial charge is 0.389 e. The average Bonchev–Trinajstić information content (AvgIpc) is 1.53. The molecule has 8 aromatic rings. The van der Waals surface area contributed by atoms with E-state index in [0.29, 0.717) is 16.7 Å². The van der Waals surface area contributed by atoms with Crippen LogP contribution in [0.15, 0.2) is 97.1 Å². The third-order valence-corrected chi connectivity index (χ3v) is 22.4. The van der Waals surface area contributed by atoms with Crippen LogP contribution in [0.1, 0.15) is 192 Å². The van der Waals surface area contributed by atoms with Crippen LogP contribution in [0, 0.1) is 40.5 Å². The van der Waals surface area contributed by atoms with E-state index in [1.807, 2.05) is 0 Å². The Labute approximate surface area is 768 Å². The standard InChI is InChI=1S/C44H38F12N4O12.C44H46F12N4O4.CH5N/c45-41(46,47)5-1-9-69-36-24-13-26-17-30(58(63)64)20-33(37(26)70-10-2-6-42(48,49)50)40(23-28-19-32(60(67)68)22-35(40)39(28)72-12-4-8-44(54,55)56)34-21-31(59(65)66)18-27(14-25(36)16-29(15-24)57(61)62)38(34)71-11-3-7-43(51,52)53;45-41(46,47)5-1-9-61-36-24-13-26-17-30(58)20-33(37(26)62-10-2-6-42(48,49)50)40(23-28-19-32(60)22-35(40)39(28)64-12-4-8-44(54,55)56)34-21-31(59)18-27(14-25(36)16-29(57)15-24)38(34)63-11-3-7-43(51,52)53;1-2/h15-22H,1-14,23H2;15-22H,1-14,23,57-60H2;2H2,1H3. The van der Waals surface area contributed by atoms with Gasteiger partial charge in [0.25, 0.3) is 22.7 Å². The second-order valence-electron chi connectivity index (χ2n) is 32.8.